The molecule has 3 N–H and O–H groups in total. The largest absolute Gasteiger partial charge is 0.481 e. The number of carbonyl (C=O) groups is 3. The fourth-order valence-corrected chi connectivity index (χ4v) is 3.79. The predicted molar refractivity (Wildman–Crippen MR) is 112 cm³/mol. The zero-order valence-corrected chi connectivity index (χ0v) is 17.1. The Labute approximate surface area is 175 Å². The van der Waals surface area contributed by atoms with E-state index in [2.05, 4.69) is 22.8 Å². The van der Waals surface area contributed by atoms with Crippen LogP contribution in [0.1, 0.15) is 43.7 Å². The highest BCUT2D eigenvalue weighted by molar-refractivity contribution is 5.86. The molecular weight excluding hydrogens is 384 g/mol. The minimum Gasteiger partial charge on any atom is -0.481 e. The number of carbonyl (C=O) groups excluding carboxylic acids is 2. The van der Waals surface area contributed by atoms with Crippen LogP contribution in [-0.4, -0.2) is 41.8 Å². The molecule has 7 nitrogen and oxygen atoms in total. The number of benzene rings is 2. The second-order valence-electron chi connectivity index (χ2n) is 7.44. The quantitative estimate of drug-likeness (QED) is 0.619. The second-order valence-corrected chi connectivity index (χ2v) is 7.44. The molecule has 1 aliphatic carbocycles. The van der Waals surface area contributed by atoms with Gasteiger partial charge in [-0.25, -0.2) is 4.79 Å². The predicted octanol–water partition coefficient (Wildman–Crippen LogP) is 3.28. The normalized spacial score (nSPS) is 14.2. The van der Waals surface area contributed by atoms with E-state index in [4.69, 9.17) is 9.84 Å². The number of aliphatic carboxylic acids is 1. The van der Waals surface area contributed by atoms with E-state index in [9.17, 15) is 14.4 Å². The van der Waals surface area contributed by atoms with Gasteiger partial charge in [-0.15, -0.1) is 0 Å². The fraction of sp³-hybridized carbons (Fsp3) is 0.348. The number of carboxylic acid groups (broad SMARTS) is 1. The first kappa shape index (κ1) is 21.4. The summed E-state index contributed by atoms with van der Waals surface area (Å²) in [6.07, 6.45) is -0.507. The van der Waals surface area contributed by atoms with Crippen molar-refractivity contribution in [1.29, 1.82) is 0 Å². The first-order valence-electron chi connectivity index (χ1n) is 10.0. The first-order chi connectivity index (χ1) is 14.4. The number of rotatable bonds is 8. The van der Waals surface area contributed by atoms with Crippen LogP contribution >= 0.6 is 0 Å². The molecule has 7 heteroatoms. The molecule has 1 aliphatic rings. The Bertz CT molecular complexity index is 897. The zero-order chi connectivity index (χ0) is 21.7. The van der Waals surface area contributed by atoms with Gasteiger partial charge in [-0.1, -0.05) is 55.5 Å². The van der Waals surface area contributed by atoms with Crippen LogP contribution < -0.4 is 10.6 Å². The number of hydrogen-bond donors (Lipinski definition) is 3. The zero-order valence-electron chi connectivity index (χ0n) is 17.1. The van der Waals surface area contributed by atoms with Crippen molar-refractivity contribution in [1.82, 2.24) is 10.6 Å². The highest BCUT2D eigenvalue weighted by Gasteiger charge is 2.29. The van der Waals surface area contributed by atoms with Crippen LogP contribution in [0.25, 0.3) is 11.1 Å². The Kier molecular flexibility index (Phi) is 6.72. The van der Waals surface area contributed by atoms with Crippen molar-refractivity contribution >= 4 is 18.0 Å². The van der Waals surface area contributed by atoms with E-state index in [1.54, 1.807) is 13.8 Å². The molecule has 30 heavy (non-hydrogen) atoms. The first-order valence-corrected chi connectivity index (χ1v) is 10.0. The van der Waals surface area contributed by atoms with E-state index in [0.29, 0.717) is 6.42 Å². The van der Waals surface area contributed by atoms with Crippen molar-refractivity contribution in [2.24, 2.45) is 0 Å². The maximum atomic E-state index is 12.4. The number of alkyl carbamates (subject to hydrolysis) is 1. The number of amides is 2. The molecule has 0 saturated carbocycles. The summed E-state index contributed by atoms with van der Waals surface area (Å²) in [4.78, 5) is 35.4. The highest BCUT2D eigenvalue weighted by Crippen LogP contribution is 2.44. The van der Waals surface area contributed by atoms with Gasteiger partial charge in [0.05, 0.1) is 6.42 Å². The molecule has 2 aromatic rings. The smallest absolute Gasteiger partial charge is 0.407 e. The lowest BCUT2D eigenvalue weighted by Crippen LogP contribution is -2.49. The number of carboxylic acids is 1. The summed E-state index contributed by atoms with van der Waals surface area (Å²) >= 11 is 0. The monoisotopic (exact) mass is 410 g/mol. The molecule has 158 valence electrons. The number of ether oxygens (including phenoxy) is 1. The van der Waals surface area contributed by atoms with Crippen molar-refractivity contribution in [3.8, 4) is 11.1 Å². The van der Waals surface area contributed by atoms with E-state index in [1.165, 1.54) is 0 Å². The van der Waals surface area contributed by atoms with Crippen LogP contribution in [0.4, 0.5) is 4.79 Å². The molecule has 2 atom stereocenters. The standard InChI is InChI=1S/C23H26N2O5/c1-3-20(22(28)24-14(2)12-21(26)27)25-23(29)30-13-19-17-10-6-4-8-15(17)16-9-5-7-11-18(16)19/h4-11,14,19-20H,3,12-13H2,1-2H3,(H,24,28)(H,25,29)(H,26,27)/t14?,20-/m1/s1. The summed E-state index contributed by atoms with van der Waals surface area (Å²) in [5, 5.41) is 14.0. The summed E-state index contributed by atoms with van der Waals surface area (Å²) in [5.74, 6) is -1.49. The summed E-state index contributed by atoms with van der Waals surface area (Å²) in [7, 11) is 0. The Morgan fingerprint density at radius 2 is 1.57 bits per heavy atom. The van der Waals surface area contributed by atoms with Crippen molar-refractivity contribution in [3.05, 3.63) is 59.7 Å². The van der Waals surface area contributed by atoms with Crippen LogP contribution in [0, 0.1) is 0 Å². The molecule has 0 radical (unpaired) electrons. The molecule has 2 aromatic carbocycles. The van der Waals surface area contributed by atoms with Gasteiger partial charge in [0.2, 0.25) is 5.91 Å². The Morgan fingerprint density at radius 1 is 1.00 bits per heavy atom. The van der Waals surface area contributed by atoms with E-state index >= 15 is 0 Å². The van der Waals surface area contributed by atoms with Crippen LogP contribution in [0.5, 0.6) is 0 Å². The van der Waals surface area contributed by atoms with Gasteiger partial charge in [0.1, 0.15) is 12.6 Å². The SMILES string of the molecule is CC[C@@H](NC(=O)OCC1c2ccccc2-c2ccccc21)C(=O)NC(C)CC(=O)O. The lowest BCUT2D eigenvalue weighted by Gasteiger charge is -2.20. The molecular formula is C23H26N2O5. The van der Waals surface area contributed by atoms with Crippen LogP contribution in [0.2, 0.25) is 0 Å². The van der Waals surface area contributed by atoms with Gasteiger partial charge in [-0.05, 0) is 35.6 Å². The van der Waals surface area contributed by atoms with E-state index in [0.717, 1.165) is 22.3 Å². The van der Waals surface area contributed by atoms with E-state index in [-0.39, 0.29) is 18.9 Å². The average molecular weight is 410 g/mol. The number of nitrogens with one attached hydrogen (secondary N) is 2. The van der Waals surface area contributed by atoms with Crippen LogP contribution in [-0.2, 0) is 14.3 Å². The molecule has 0 heterocycles. The highest BCUT2D eigenvalue weighted by atomic mass is 16.5. The lowest BCUT2D eigenvalue weighted by atomic mass is 9.98. The van der Waals surface area contributed by atoms with Crippen molar-refractivity contribution in [2.75, 3.05) is 6.61 Å². The fourth-order valence-electron chi connectivity index (χ4n) is 3.79. The Balaban J connectivity index is 1.60. The minimum absolute atomic E-state index is 0.0624. The minimum atomic E-state index is -1.000. The van der Waals surface area contributed by atoms with Gasteiger partial charge < -0.3 is 20.5 Å². The second kappa shape index (κ2) is 9.43. The van der Waals surface area contributed by atoms with Gasteiger partial charge in [0.15, 0.2) is 0 Å². The molecule has 0 fully saturated rings. The molecule has 0 aliphatic heterocycles. The van der Waals surface area contributed by atoms with Gasteiger partial charge in [-0.2, -0.15) is 0 Å². The topological polar surface area (TPSA) is 105 Å². The summed E-state index contributed by atoms with van der Waals surface area (Å²) in [6, 6.07) is 14.8. The maximum Gasteiger partial charge on any atom is 0.407 e. The van der Waals surface area contributed by atoms with E-state index < -0.39 is 30.1 Å². The molecule has 1 unspecified atom stereocenters. The summed E-state index contributed by atoms with van der Waals surface area (Å²) in [6.45, 7) is 3.52. The molecule has 0 saturated heterocycles. The van der Waals surface area contributed by atoms with Crippen molar-refractivity contribution in [2.45, 2.75) is 44.7 Å². The molecule has 2 amide bonds. The third-order valence-corrected chi connectivity index (χ3v) is 5.23. The van der Waals surface area contributed by atoms with E-state index in [1.807, 2.05) is 36.4 Å². The molecule has 3 rings (SSSR count). The molecule has 0 aromatic heterocycles. The summed E-state index contributed by atoms with van der Waals surface area (Å²) < 4.78 is 5.47. The third kappa shape index (κ3) is 4.79. The lowest BCUT2D eigenvalue weighted by molar-refractivity contribution is -0.137. The molecule has 0 spiro atoms. The molecule has 0 bridgehead atoms. The van der Waals surface area contributed by atoms with Crippen LogP contribution in [0.3, 0.4) is 0 Å². The maximum absolute atomic E-state index is 12.4. The average Bonchev–Trinajstić information content (AvgIpc) is 3.03. The van der Waals surface area contributed by atoms with Crippen molar-refractivity contribution < 1.29 is 24.2 Å². The summed E-state index contributed by atoms with van der Waals surface area (Å²) in [5.41, 5.74) is 4.50. The Morgan fingerprint density at radius 3 is 2.10 bits per heavy atom. The van der Waals surface area contributed by atoms with Crippen molar-refractivity contribution in [3.63, 3.8) is 0 Å². The van der Waals surface area contributed by atoms with Gasteiger partial charge in [-0.3, -0.25) is 9.59 Å². The Hall–Kier alpha value is -3.35. The van der Waals surface area contributed by atoms with Gasteiger partial charge in [0, 0.05) is 12.0 Å². The van der Waals surface area contributed by atoms with Gasteiger partial charge >= 0.3 is 12.1 Å². The number of fused-ring (bicyclic) bond motifs is 3. The third-order valence-electron chi connectivity index (χ3n) is 5.23. The van der Waals surface area contributed by atoms with Gasteiger partial charge in [0.25, 0.3) is 0 Å². The number of hydrogen-bond acceptors (Lipinski definition) is 4. The van der Waals surface area contributed by atoms with Crippen LogP contribution in [0.15, 0.2) is 48.5 Å².